The van der Waals surface area contributed by atoms with Crippen molar-refractivity contribution in [2.45, 2.75) is 13.3 Å². The first kappa shape index (κ1) is 16.2. The molecular formula is C18H17ClN4O. The average molecular weight is 341 g/mol. The van der Waals surface area contributed by atoms with E-state index in [9.17, 15) is 0 Å². The summed E-state index contributed by atoms with van der Waals surface area (Å²) in [5.41, 5.74) is 9.35. The molecule has 0 saturated heterocycles. The Kier molecular flexibility index (Phi) is 4.91. The lowest BCUT2D eigenvalue weighted by Crippen LogP contribution is -2.01. The van der Waals surface area contributed by atoms with Crippen LogP contribution >= 0.6 is 11.6 Å². The highest BCUT2D eigenvalue weighted by Gasteiger charge is 2.11. The topological polar surface area (TPSA) is 73.9 Å². The molecule has 0 aliphatic heterocycles. The zero-order valence-corrected chi connectivity index (χ0v) is 14.0. The number of rotatable bonds is 5. The number of benzene rings is 1. The summed E-state index contributed by atoms with van der Waals surface area (Å²) in [5, 5.41) is 0.670. The predicted octanol–water partition coefficient (Wildman–Crippen LogP) is 3.76. The summed E-state index contributed by atoms with van der Waals surface area (Å²) in [4.78, 5) is 12.6. The van der Waals surface area contributed by atoms with E-state index in [1.165, 1.54) is 0 Å². The molecule has 0 aliphatic rings. The van der Waals surface area contributed by atoms with Gasteiger partial charge in [0.2, 0.25) is 11.8 Å². The highest BCUT2D eigenvalue weighted by molar-refractivity contribution is 6.30. The molecule has 0 radical (unpaired) electrons. The second-order valence-corrected chi connectivity index (χ2v) is 5.66. The van der Waals surface area contributed by atoms with E-state index in [1.807, 2.05) is 43.3 Å². The van der Waals surface area contributed by atoms with Crippen molar-refractivity contribution in [3.63, 3.8) is 0 Å². The fraction of sp³-hybridized carbons (Fsp3) is 0.167. The number of ether oxygens (including phenoxy) is 1. The van der Waals surface area contributed by atoms with E-state index in [1.54, 1.807) is 12.4 Å². The standard InChI is InChI=1S/C18H17ClN4O/c1-2-24-17-16(13-4-3-5-14(19)10-13)9-12(11-22-17)8-15-6-7-21-18(20)23-15/h3-7,9-11H,2,8H2,1H3,(H2,20,21,23). The maximum Gasteiger partial charge on any atom is 0.221 e. The third-order valence-electron chi connectivity index (χ3n) is 3.44. The monoisotopic (exact) mass is 340 g/mol. The minimum Gasteiger partial charge on any atom is -0.478 e. The Labute approximate surface area is 145 Å². The summed E-state index contributed by atoms with van der Waals surface area (Å²) >= 11 is 6.12. The summed E-state index contributed by atoms with van der Waals surface area (Å²) in [6, 6.07) is 11.5. The van der Waals surface area contributed by atoms with Crippen LogP contribution in [-0.4, -0.2) is 21.6 Å². The second kappa shape index (κ2) is 7.27. The van der Waals surface area contributed by atoms with Crippen molar-refractivity contribution in [1.82, 2.24) is 15.0 Å². The van der Waals surface area contributed by atoms with Gasteiger partial charge in [-0.2, -0.15) is 0 Å². The molecule has 3 aromatic rings. The van der Waals surface area contributed by atoms with Crippen LogP contribution in [0.25, 0.3) is 11.1 Å². The van der Waals surface area contributed by atoms with Crippen molar-refractivity contribution in [1.29, 1.82) is 0 Å². The van der Waals surface area contributed by atoms with Gasteiger partial charge in [0.15, 0.2) is 0 Å². The van der Waals surface area contributed by atoms with Gasteiger partial charge in [0, 0.05) is 29.4 Å². The number of hydrogen-bond donors (Lipinski definition) is 1. The van der Waals surface area contributed by atoms with Crippen molar-refractivity contribution >= 4 is 17.5 Å². The molecule has 24 heavy (non-hydrogen) atoms. The molecule has 0 amide bonds. The van der Waals surface area contributed by atoms with Crippen LogP contribution in [0.4, 0.5) is 5.95 Å². The van der Waals surface area contributed by atoms with Crippen molar-refractivity contribution in [2.75, 3.05) is 12.3 Å². The zero-order valence-electron chi connectivity index (χ0n) is 13.2. The normalized spacial score (nSPS) is 10.6. The van der Waals surface area contributed by atoms with Gasteiger partial charge in [0.1, 0.15) is 0 Å². The molecule has 6 heteroatoms. The van der Waals surface area contributed by atoms with Crippen LogP contribution in [0.1, 0.15) is 18.2 Å². The molecule has 1 aromatic carbocycles. The molecule has 3 rings (SSSR count). The molecule has 5 nitrogen and oxygen atoms in total. The lowest BCUT2D eigenvalue weighted by atomic mass is 10.0. The number of anilines is 1. The molecule has 0 saturated carbocycles. The largest absolute Gasteiger partial charge is 0.478 e. The van der Waals surface area contributed by atoms with Crippen LogP contribution in [0, 0.1) is 0 Å². The number of nitrogen functional groups attached to an aromatic ring is 1. The summed E-state index contributed by atoms with van der Waals surface area (Å²) in [5.74, 6) is 0.854. The number of pyridine rings is 1. The second-order valence-electron chi connectivity index (χ2n) is 5.22. The van der Waals surface area contributed by atoms with Crippen LogP contribution in [0.3, 0.4) is 0 Å². The van der Waals surface area contributed by atoms with Crippen molar-refractivity contribution in [2.24, 2.45) is 0 Å². The van der Waals surface area contributed by atoms with Crippen LogP contribution in [0.2, 0.25) is 5.02 Å². The highest BCUT2D eigenvalue weighted by atomic mass is 35.5. The minimum atomic E-state index is 0.265. The van der Waals surface area contributed by atoms with Gasteiger partial charge < -0.3 is 10.5 Å². The zero-order chi connectivity index (χ0) is 16.9. The number of halogens is 1. The predicted molar refractivity (Wildman–Crippen MR) is 95.1 cm³/mol. The van der Waals surface area contributed by atoms with E-state index in [-0.39, 0.29) is 5.95 Å². The van der Waals surface area contributed by atoms with Gasteiger partial charge in [-0.05, 0) is 42.3 Å². The van der Waals surface area contributed by atoms with Crippen LogP contribution in [-0.2, 0) is 6.42 Å². The summed E-state index contributed by atoms with van der Waals surface area (Å²) in [6.07, 6.45) is 4.05. The lowest BCUT2D eigenvalue weighted by Gasteiger charge is -2.11. The van der Waals surface area contributed by atoms with Gasteiger partial charge in [-0.25, -0.2) is 15.0 Å². The molecule has 0 spiro atoms. The number of nitrogens with zero attached hydrogens (tertiary/aromatic N) is 3. The maximum atomic E-state index is 6.12. The molecule has 0 fully saturated rings. The van der Waals surface area contributed by atoms with Gasteiger partial charge in [-0.1, -0.05) is 23.7 Å². The van der Waals surface area contributed by atoms with Gasteiger partial charge >= 0.3 is 0 Å². The molecule has 0 bridgehead atoms. The molecule has 0 unspecified atom stereocenters. The Bertz CT molecular complexity index is 854. The Morgan fingerprint density at radius 1 is 1.17 bits per heavy atom. The van der Waals surface area contributed by atoms with Crippen molar-refractivity contribution in [3.8, 4) is 17.0 Å². The number of aromatic nitrogens is 3. The highest BCUT2D eigenvalue weighted by Crippen LogP contribution is 2.31. The first-order chi connectivity index (χ1) is 11.7. The molecule has 122 valence electrons. The van der Waals surface area contributed by atoms with E-state index in [2.05, 4.69) is 15.0 Å². The number of hydrogen-bond acceptors (Lipinski definition) is 5. The lowest BCUT2D eigenvalue weighted by molar-refractivity contribution is 0.328. The van der Waals surface area contributed by atoms with Crippen LogP contribution in [0.15, 0.2) is 48.8 Å². The molecule has 2 heterocycles. The average Bonchev–Trinajstić information content (AvgIpc) is 2.56. The van der Waals surface area contributed by atoms with Crippen LogP contribution < -0.4 is 10.5 Å². The van der Waals surface area contributed by atoms with Crippen LogP contribution in [0.5, 0.6) is 5.88 Å². The first-order valence-electron chi connectivity index (χ1n) is 7.60. The van der Waals surface area contributed by atoms with E-state index in [0.717, 1.165) is 22.4 Å². The summed E-state index contributed by atoms with van der Waals surface area (Å²) in [6.45, 7) is 2.48. The Hall–Kier alpha value is -2.66. The molecule has 2 aromatic heterocycles. The maximum absolute atomic E-state index is 6.12. The van der Waals surface area contributed by atoms with E-state index >= 15 is 0 Å². The number of nitrogens with two attached hydrogens (primary N) is 1. The van der Waals surface area contributed by atoms with Gasteiger partial charge in [0.25, 0.3) is 0 Å². The first-order valence-corrected chi connectivity index (χ1v) is 7.98. The van der Waals surface area contributed by atoms with Crippen molar-refractivity contribution < 1.29 is 4.74 Å². The fourth-order valence-electron chi connectivity index (χ4n) is 2.43. The third-order valence-corrected chi connectivity index (χ3v) is 3.68. The SMILES string of the molecule is CCOc1ncc(Cc2ccnc(N)n2)cc1-c1cccc(Cl)c1. The summed E-state index contributed by atoms with van der Waals surface area (Å²) < 4.78 is 5.66. The van der Waals surface area contributed by atoms with E-state index in [0.29, 0.717) is 23.9 Å². The fourth-order valence-corrected chi connectivity index (χ4v) is 2.62. The van der Waals surface area contributed by atoms with E-state index < -0.39 is 0 Å². The smallest absolute Gasteiger partial charge is 0.221 e. The van der Waals surface area contributed by atoms with Gasteiger partial charge in [-0.15, -0.1) is 0 Å². The Morgan fingerprint density at radius 3 is 2.79 bits per heavy atom. The Balaban J connectivity index is 1.99. The molecule has 0 aliphatic carbocycles. The van der Waals surface area contributed by atoms with Gasteiger partial charge in [-0.3, -0.25) is 0 Å². The molecular weight excluding hydrogens is 324 g/mol. The Morgan fingerprint density at radius 2 is 2.04 bits per heavy atom. The molecule has 2 N–H and O–H groups in total. The van der Waals surface area contributed by atoms with E-state index in [4.69, 9.17) is 22.1 Å². The quantitative estimate of drug-likeness (QED) is 0.765. The summed E-state index contributed by atoms with van der Waals surface area (Å²) in [7, 11) is 0. The molecule has 0 atom stereocenters. The van der Waals surface area contributed by atoms with Crippen molar-refractivity contribution in [3.05, 3.63) is 65.1 Å². The minimum absolute atomic E-state index is 0.265. The third kappa shape index (κ3) is 3.81. The van der Waals surface area contributed by atoms with Gasteiger partial charge in [0.05, 0.1) is 12.3 Å².